The topological polar surface area (TPSA) is 84.9 Å². The van der Waals surface area contributed by atoms with Crippen LogP contribution in [-0.2, 0) is 4.74 Å². The van der Waals surface area contributed by atoms with Crippen LogP contribution in [0.1, 0.15) is 48.5 Å². The third-order valence-corrected chi connectivity index (χ3v) is 5.06. The maximum atomic E-state index is 14.2. The number of carboxylic acid groups (broad SMARTS) is 1. The maximum Gasteiger partial charge on any atom is 0.338 e. The molecule has 0 unspecified atom stereocenters. The number of ether oxygens (including phenoxy) is 1. The Hall–Kier alpha value is -2.47. The molecular weight excluding hydrogens is 335 g/mol. The molecule has 0 spiro atoms. The van der Waals surface area contributed by atoms with Crippen LogP contribution in [0.4, 0.5) is 4.39 Å². The summed E-state index contributed by atoms with van der Waals surface area (Å²) in [5.41, 5.74) is 9.44. The molecule has 5 nitrogen and oxygen atoms in total. The zero-order chi connectivity index (χ0) is 18.7. The van der Waals surface area contributed by atoms with Gasteiger partial charge in [-0.3, -0.25) is 0 Å². The van der Waals surface area contributed by atoms with Crippen molar-refractivity contribution in [2.75, 3.05) is 13.2 Å². The van der Waals surface area contributed by atoms with E-state index in [1.807, 2.05) is 13.1 Å². The largest absolute Gasteiger partial charge is 0.478 e. The first-order valence-corrected chi connectivity index (χ1v) is 8.86. The summed E-state index contributed by atoms with van der Waals surface area (Å²) in [7, 11) is 0. The fourth-order valence-corrected chi connectivity index (χ4v) is 3.59. The van der Waals surface area contributed by atoms with Crippen molar-refractivity contribution in [3.05, 3.63) is 52.5 Å². The van der Waals surface area contributed by atoms with E-state index < -0.39 is 11.8 Å². The minimum absolute atomic E-state index is 0.339. The third-order valence-electron chi connectivity index (χ3n) is 5.06. The van der Waals surface area contributed by atoms with Crippen molar-refractivity contribution < 1.29 is 19.0 Å². The first-order chi connectivity index (χ1) is 12.5. The Morgan fingerprint density at radius 3 is 2.73 bits per heavy atom. The number of aromatic carboxylic acids is 1. The Morgan fingerprint density at radius 2 is 2.12 bits per heavy atom. The van der Waals surface area contributed by atoms with E-state index in [9.17, 15) is 9.18 Å². The summed E-state index contributed by atoms with van der Waals surface area (Å²) in [5, 5.41) is 9.02. The minimum Gasteiger partial charge on any atom is -0.478 e. The number of carboxylic acids is 1. The molecule has 1 saturated heterocycles. The fourth-order valence-electron chi connectivity index (χ4n) is 3.59. The van der Waals surface area contributed by atoms with Gasteiger partial charge in [-0.05, 0) is 54.9 Å². The highest BCUT2D eigenvalue weighted by atomic mass is 19.1. The van der Waals surface area contributed by atoms with Crippen molar-refractivity contribution in [1.82, 2.24) is 0 Å². The second-order valence-electron chi connectivity index (χ2n) is 6.61. The number of allylic oxidation sites excluding steroid dienone is 2. The number of aliphatic imine (C=N–C) groups is 1. The highest BCUT2D eigenvalue weighted by Crippen LogP contribution is 2.35. The first-order valence-electron chi connectivity index (χ1n) is 8.86. The van der Waals surface area contributed by atoms with Gasteiger partial charge in [0, 0.05) is 25.0 Å². The van der Waals surface area contributed by atoms with Gasteiger partial charge in [0.05, 0.1) is 5.56 Å². The Kier molecular flexibility index (Phi) is 5.52. The molecule has 0 aliphatic carbocycles. The molecule has 0 saturated carbocycles. The van der Waals surface area contributed by atoms with Crippen LogP contribution in [0.25, 0.3) is 5.57 Å². The molecule has 1 fully saturated rings. The smallest absolute Gasteiger partial charge is 0.338 e. The van der Waals surface area contributed by atoms with Crippen molar-refractivity contribution in [1.29, 1.82) is 0 Å². The summed E-state index contributed by atoms with van der Waals surface area (Å²) < 4.78 is 19.6. The quantitative estimate of drug-likeness (QED) is 0.858. The number of hydrogen-bond acceptors (Lipinski definition) is 4. The Bertz CT molecular complexity index is 805. The molecule has 1 aromatic rings. The molecule has 3 rings (SSSR count). The molecule has 0 aromatic heterocycles. The summed E-state index contributed by atoms with van der Waals surface area (Å²) in [4.78, 5) is 15.5. The predicted octanol–water partition coefficient (Wildman–Crippen LogP) is 3.76. The van der Waals surface area contributed by atoms with Gasteiger partial charge in [-0.25, -0.2) is 14.2 Å². The summed E-state index contributed by atoms with van der Waals surface area (Å²) in [6.45, 7) is 3.54. The summed E-state index contributed by atoms with van der Waals surface area (Å²) in [6.07, 6.45) is 5.28. The lowest BCUT2D eigenvalue weighted by atomic mass is 9.85. The molecule has 3 N–H and O–H groups in total. The number of nitrogens with zero attached hydrogens (tertiary/aromatic N) is 1. The van der Waals surface area contributed by atoms with Crippen molar-refractivity contribution in [3.63, 3.8) is 0 Å². The lowest BCUT2D eigenvalue weighted by Crippen LogP contribution is -2.18. The average Bonchev–Trinajstić information content (AvgIpc) is 2.80. The van der Waals surface area contributed by atoms with Gasteiger partial charge >= 0.3 is 5.97 Å². The molecule has 2 aliphatic rings. The van der Waals surface area contributed by atoms with Gasteiger partial charge in [-0.1, -0.05) is 18.6 Å². The zero-order valence-corrected chi connectivity index (χ0v) is 14.8. The van der Waals surface area contributed by atoms with Crippen molar-refractivity contribution in [3.8, 4) is 0 Å². The van der Waals surface area contributed by atoms with Crippen molar-refractivity contribution in [2.45, 2.75) is 32.6 Å². The van der Waals surface area contributed by atoms with E-state index in [0.29, 0.717) is 22.9 Å². The van der Waals surface area contributed by atoms with E-state index in [2.05, 4.69) is 4.99 Å². The van der Waals surface area contributed by atoms with E-state index in [1.54, 1.807) is 6.07 Å². The van der Waals surface area contributed by atoms with Crippen LogP contribution in [0, 0.1) is 11.7 Å². The Balaban J connectivity index is 1.99. The number of amidine groups is 1. The van der Waals surface area contributed by atoms with Crippen LogP contribution < -0.4 is 5.73 Å². The van der Waals surface area contributed by atoms with Gasteiger partial charge in [0.25, 0.3) is 0 Å². The first kappa shape index (κ1) is 18.3. The summed E-state index contributed by atoms with van der Waals surface area (Å²) in [5.74, 6) is -1.30. The molecule has 26 heavy (non-hydrogen) atoms. The van der Waals surface area contributed by atoms with Gasteiger partial charge in [0.15, 0.2) is 0 Å². The zero-order valence-electron chi connectivity index (χ0n) is 14.8. The SMILES string of the molecule is CCC1=C(c2ccc(C(=O)O)c(F)c2)C(N)=NC=C(C2CCOCC2)C1. The number of halogens is 1. The van der Waals surface area contributed by atoms with Gasteiger partial charge in [0.2, 0.25) is 0 Å². The van der Waals surface area contributed by atoms with Crippen LogP contribution in [0.3, 0.4) is 0 Å². The standard InChI is InChI=1S/C20H23FN2O3/c1-2-12-9-15(13-5-7-26-8-6-13)11-23-19(22)18(12)14-3-4-16(20(24)25)17(21)10-14/h3-4,10-11,13H,2,5-9H2,1H3,(H2,22,23)(H,24,25). The number of nitrogens with two attached hydrogens (primary N) is 1. The summed E-state index contributed by atoms with van der Waals surface area (Å²) >= 11 is 0. The van der Waals surface area contributed by atoms with Crippen LogP contribution in [0.2, 0.25) is 0 Å². The van der Waals surface area contributed by atoms with E-state index in [0.717, 1.165) is 44.5 Å². The van der Waals surface area contributed by atoms with Crippen LogP contribution in [0.5, 0.6) is 0 Å². The van der Waals surface area contributed by atoms with Gasteiger partial charge < -0.3 is 15.6 Å². The molecule has 0 bridgehead atoms. The molecule has 0 atom stereocenters. The minimum atomic E-state index is -1.29. The lowest BCUT2D eigenvalue weighted by molar-refractivity contribution is 0.0691. The monoisotopic (exact) mass is 358 g/mol. The highest BCUT2D eigenvalue weighted by Gasteiger charge is 2.24. The molecule has 6 heteroatoms. The van der Waals surface area contributed by atoms with Crippen LogP contribution in [-0.4, -0.2) is 30.1 Å². The number of carbonyl (C=O) groups is 1. The molecule has 0 radical (unpaired) electrons. The van der Waals surface area contributed by atoms with E-state index in [4.69, 9.17) is 15.6 Å². The average molecular weight is 358 g/mol. The lowest BCUT2D eigenvalue weighted by Gasteiger charge is -2.25. The molecule has 2 heterocycles. The molecule has 1 aromatic carbocycles. The molecule has 2 aliphatic heterocycles. The molecule has 0 amide bonds. The second kappa shape index (κ2) is 7.83. The second-order valence-corrected chi connectivity index (χ2v) is 6.61. The number of benzene rings is 1. The van der Waals surface area contributed by atoms with E-state index >= 15 is 0 Å². The van der Waals surface area contributed by atoms with Gasteiger partial charge in [-0.15, -0.1) is 0 Å². The molecular formula is C20H23FN2O3. The van der Waals surface area contributed by atoms with E-state index in [-0.39, 0.29) is 5.56 Å². The summed E-state index contributed by atoms with van der Waals surface area (Å²) in [6, 6.07) is 4.11. The van der Waals surface area contributed by atoms with Crippen LogP contribution >= 0.6 is 0 Å². The molecule has 138 valence electrons. The number of rotatable bonds is 4. The van der Waals surface area contributed by atoms with Crippen molar-refractivity contribution >= 4 is 17.4 Å². The Labute approximate surface area is 152 Å². The third kappa shape index (κ3) is 3.70. The van der Waals surface area contributed by atoms with Crippen LogP contribution in [0.15, 0.2) is 40.5 Å². The van der Waals surface area contributed by atoms with Gasteiger partial charge in [0.1, 0.15) is 11.7 Å². The maximum absolute atomic E-state index is 14.2. The van der Waals surface area contributed by atoms with E-state index in [1.165, 1.54) is 17.7 Å². The normalized spacial score (nSPS) is 19.0. The van der Waals surface area contributed by atoms with Gasteiger partial charge in [-0.2, -0.15) is 0 Å². The Morgan fingerprint density at radius 1 is 1.38 bits per heavy atom. The highest BCUT2D eigenvalue weighted by molar-refractivity contribution is 6.23. The fraction of sp³-hybridized carbons (Fsp3) is 0.400. The van der Waals surface area contributed by atoms with Crippen molar-refractivity contribution in [2.24, 2.45) is 16.6 Å². The number of hydrogen-bond donors (Lipinski definition) is 2. The predicted molar refractivity (Wildman–Crippen MR) is 98.4 cm³/mol.